The molecule has 1 aliphatic heterocycles. The maximum atomic E-state index is 13.8. The first-order chi connectivity index (χ1) is 17.9. The Balaban J connectivity index is 2.04. The van der Waals surface area contributed by atoms with Crippen LogP contribution in [0.25, 0.3) is 0 Å². The number of carbonyl (C=O) groups excluding carboxylic acids is 1. The van der Waals surface area contributed by atoms with Crippen LogP contribution in [0.15, 0.2) is 41.3 Å². The largest absolute Gasteiger partial charge is 0.493 e. The van der Waals surface area contributed by atoms with Gasteiger partial charge in [0.25, 0.3) is 0 Å². The van der Waals surface area contributed by atoms with Gasteiger partial charge in [-0.25, -0.2) is 13.1 Å². The molecular formula is C28H41N3O6S. The summed E-state index contributed by atoms with van der Waals surface area (Å²) in [6, 6.07) is 11.6. The standard InChI is InChI=1S/C28H41N3O6S/c1-28(2,3)29-38(33,34)27-21(18-22(35-5)25(36-6)26(27)37-7)19-24(32)30(4)23(31-15-11-12-16-31)17-20-13-9-8-10-14-20/h8-10,13-14,18,23,29H,11-12,15-17,19H2,1-7H3. The number of methoxy groups -OCH3 is 3. The first-order valence-electron chi connectivity index (χ1n) is 12.8. The second kappa shape index (κ2) is 12.4. The molecule has 1 amide bonds. The van der Waals surface area contributed by atoms with Gasteiger partial charge in [-0.15, -0.1) is 0 Å². The maximum absolute atomic E-state index is 13.8. The van der Waals surface area contributed by atoms with Gasteiger partial charge < -0.3 is 19.1 Å². The molecular weight excluding hydrogens is 506 g/mol. The first kappa shape index (κ1) is 29.7. The third-order valence-corrected chi connectivity index (χ3v) is 8.44. The average Bonchev–Trinajstić information content (AvgIpc) is 3.39. The maximum Gasteiger partial charge on any atom is 0.245 e. The molecule has 1 atom stereocenters. The monoisotopic (exact) mass is 547 g/mol. The predicted molar refractivity (Wildman–Crippen MR) is 147 cm³/mol. The van der Waals surface area contributed by atoms with Gasteiger partial charge in [0.2, 0.25) is 21.7 Å². The van der Waals surface area contributed by atoms with Gasteiger partial charge in [-0.3, -0.25) is 9.69 Å². The molecule has 1 saturated heterocycles. The van der Waals surface area contributed by atoms with E-state index < -0.39 is 15.6 Å². The van der Waals surface area contributed by atoms with Crippen molar-refractivity contribution in [3.05, 3.63) is 47.5 Å². The molecule has 2 aromatic rings. The van der Waals surface area contributed by atoms with Crippen LogP contribution in [-0.4, -0.2) is 77.3 Å². The summed E-state index contributed by atoms with van der Waals surface area (Å²) < 4.78 is 46.4. The van der Waals surface area contributed by atoms with Crippen molar-refractivity contribution >= 4 is 15.9 Å². The molecule has 0 aromatic heterocycles. The second-order valence-electron chi connectivity index (χ2n) is 10.6. The number of ether oxygens (including phenoxy) is 3. The molecule has 0 spiro atoms. The lowest BCUT2D eigenvalue weighted by atomic mass is 10.1. The zero-order valence-corrected chi connectivity index (χ0v) is 24.4. The number of sulfonamides is 1. The van der Waals surface area contributed by atoms with Crippen LogP contribution < -0.4 is 18.9 Å². The van der Waals surface area contributed by atoms with Crippen molar-refractivity contribution in [3.8, 4) is 17.2 Å². The van der Waals surface area contributed by atoms with E-state index in [-0.39, 0.29) is 46.2 Å². The first-order valence-corrected chi connectivity index (χ1v) is 14.3. The van der Waals surface area contributed by atoms with Crippen molar-refractivity contribution in [3.63, 3.8) is 0 Å². The Bertz CT molecular complexity index is 1210. The lowest BCUT2D eigenvalue weighted by Crippen LogP contribution is -2.50. The predicted octanol–water partition coefficient (Wildman–Crippen LogP) is 3.45. The zero-order valence-electron chi connectivity index (χ0n) is 23.5. The zero-order chi connectivity index (χ0) is 28.1. The Hall–Kier alpha value is -2.82. The molecule has 38 heavy (non-hydrogen) atoms. The van der Waals surface area contributed by atoms with E-state index in [1.807, 2.05) is 18.2 Å². The number of amides is 1. The van der Waals surface area contributed by atoms with Gasteiger partial charge in [-0.2, -0.15) is 0 Å². The van der Waals surface area contributed by atoms with Gasteiger partial charge in [0.1, 0.15) is 4.90 Å². The van der Waals surface area contributed by atoms with Crippen LogP contribution in [-0.2, 0) is 27.7 Å². The van der Waals surface area contributed by atoms with Gasteiger partial charge in [0, 0.05) is 32.1 Å². The minimum absolute atomic E-state index is 0.00516. The fraction of sp³-hybridized carbons (Fsp3) is 0.536. The molecule has 1 unspecified atom stereocenters. The van der Waals surface area contributed by atoms with Crippen molar-refractivity contribution in [1.29, 1.82) is 0 Å². The van der Waals surface area contributed by atoms with E-state index in [2.05, 4.69) is 21.8 Å². The van der Waals surface area contributed by atoms with Crippen LogP contribution in [0.5, 0.6) is 17.2 Å². The fourth-order valence-electron chi connectivity index (χ4n) is 4.89. The van der Waals surface area contributed by atoms with Crippen molar-refractivity contribution < 1.29 is 27.4 Å². The summed E-state index contributed by atoms with van der Waals surface area (Å²) in [5.74, 6) is 0.214. The topological polar surface area (TPSA) is 97.4 Å². The van der Waals surface area contributed by atoms with Crippen LogP contribution in [0.3, 0.4) is 0 Å². The molecule has 0 aliphatic carbocycles. The van der Waals surface area contributed by atoms with Crippen molar-refractivity contribution in [2.24, 2.45) is 0 Å². The van der Waals surface area contributed by atoms with Gasteiger partial charge >= 0.3 is 0 Å². The highest BCUT2D eigenvalue weighted by atomic mass is 32.2. The van der Waals surface area contributed by atoms with E-state index in [9.17, 15) is 13.2 Å². The summed E-state index contributed by atoms with van der Waals surface area (Å²) in [5.41, 5.74) is 0.647. The van der Waals surface area contributed by atoms with Crippen LogP contribution in [0.4, 0.5) is 0 Å². The number of likely N-dealkylation sites (N-methyl/N-ethyl adjacent to an activating group) is 1. The Kier molecular flexibility index (Phi) is 9.67. The lowest BCUT2D eigenvalue weighted by Gasteiger charge is -2.36. The molecule has 2 aromatic carbocycles. The second-order valence-corrected chi connectivity index (χ2v) is 12.2. The number of nitrogens with one attached hydrogen (secondary N) is 1. The van der Waals surface area contributed by atoms with E-state index in [1.54, 1.807) is 38.8 Å². The molecule has 1 fully saturated rings. The molecule has 1 heterocycles. The van der Waals surface area contributed by atoms with Crippen molar-refractivity contribution in [2.45, 2.75) is 63.1 Å². The molecule has 0 bridgehead atoms. The minimum Gasteiger partial charge on any atom is -0.493 e. The van der Waals surface area contributed by atoms with E-state index in [0.29, 0.717) is 6.42 Å². The number of hydrogen-bond acceptors (Lipinski definition) is 7. The quantitative estimate of drug-likeness (QED) is 0.460. The number of hydrogen-bond donors (Lipinski definition) is 1. The molecule has 9 nitrogen and oxygen atoms in total. The molecule has 1 aliphatic rings. The number of carbonyl (C=O) groups is 1. The summed E-state index contributed by atoms with van der Waals surface area (Å²) in [6.45, 7) is 7.07. The number of benzene rings is 2. The average molecular weight is 548 g/mol. The molecule has 0 saturated carbocycles. The van der Waals surface area contributed by atoms with Crippen LogP contribution in [0, 0.1) is 0 Å². The SMILES string of the molecule is COc1cc(CC(=O)N(C)C(Cc2ccccc2)N2CCCC2)c(S(=O)(=O)NC(C)(C)C)c(OC)c1OC. The molecule has 10 heteroatoms. The third-order valence-electron chi connectivity index (χ3n) is 6.58. The van der Waals surface area contributed by atoms with Gasteiger partial charge in [0.15, 0.2) is 11.5 Å². The highest BCUT2D eigenvalue weighted by molar-refractivity contribution is 7.89. The summed E-state index contributed by atoms with van der Waals surface area (Å²) in [5, 5.41) is 0. The Morgan fingerprint density at radius 3 is 2.16 bits per heavy atom. The Morgan fingerprint density at radius 1 is 1.03 bits per heavy atom. The number of nitrogens with zero attached hydrogens (tertiary/aromatic N) is 2. The summed E-state index contributed by atoms with van der Waals surface area (Å²) in [7, 11) is 1.93. The molecule has 3 rings (SSSR count). The molecule has 0 radical (unpaired) electrons. The number of likely N-dealkylation sites (tertiary alicyclic amines) is 1. The van der Waals surface area contributed by atoms with Gasteiger partial charge in [-0.1, -0.05) is 30.3 Å². The van der Waals surface area contributed by atoms with Crippen molar-refractivity contribution in [1.82, 2.24) is 14.5 Å². The van der Waals surface area contributed by atoms with Crippen molar-refractivity contribution in [2.75, 3.05) is 41.5 Å². The van der Waals surface area contributed by atoms with E-state index in [0.717, 1.165) is 31.5 Å². The Labute approximate surface area is 227 Å². The normalized spacial score (nSPS) is 15.2. The summed E-state index contributed by atoms with van der Waals surface area (Å²) in [4.78, 5) is 17.7. The fourth-order valence-corrected chi connectivity index (χ4v) is 6.69. The van der Waals surface area contributed by atoms with Crippen LogP contribution in [0.2, 0.25) is 0 Å². The summed E-state index contributed by atoms with van der Waals surface area (Å²) in [6.07, 6.45) is 2.53. The molecule has 1 N–H and O–H groups in total. The van der Waals surface area contributed by atoms with Gasteiger partial charge in [-0.05, 0) is 50.8 Å². The van der Waals surface area contributed by atoms with Gasteiger partial charge in [0.05, 0.1) is 33.9 Å². The van der Waals surface area contributed by atoms with E-state index in [4.69, 9.17) is 14.2 Å². The summed E-state index contributed by atoms with van der Waals surface area (Å²) >= 11 is 0. The van der Waals surface area contributed by atoms with Crippen LogP contribution >= 0.6 is 0 Å². The smallest absolute Gasteiger partial charge is 0.245 e. The van der Waals surface area contributed by atoms with Crippen LogP contribution in [0.1, 0.15) is 44.7 Å². The number of rotatable bonds is 11. The minimum atomic E-state index is -4.10. The highest BCUT2D eigenvalue weighted by Gasteiger charge is 2.35. The lowest BCUT2D eigenvalue weighted by molar-refractivity contribution is -0.134. The van der Waals surface area contributed by atoms with E-state index >= 15 is 0 Å². The third kappa shape index (κ3) is 6.98. The van der Waals surface area contributed by atoms with E-state index in [1.165, 1.54) is 21.3 Å². The highest BCUT2D eigenvalue weighted by Crippen LogP contribution is 2.44. The molecule has 210 valence electrons. The Morgan fingerprint density at radius 2 is 1.63 bits per heavy atom.